The smallest absolute Gasteiger partial charge is 0.237 e. The van der Waals surface area contributed by atoms with Crippen LogP contribution in [-0.4, -0.2) is 40.4 Å². The zero-order valence-electron chi connectivity index (χ0n) is 17.0. The fraction of sp³-hybridized carbons (Fsp3) is 0.682. The van der Waals surface area contributed by atoms with Gasteiger partial charge in [-0.1, -0.05) is 46.1 Å². The molecule has 2 aliphatic rings. The number of pyridine rings is 1. The largest absolute Gasteiger partial charge is 0.341 e. The van der Waals surface area contributed by atoms with Crippen molar-refractivity contribution >= 4 is 11.8 Å². The monoisotopic (exact) mass is 371 g/mol. The van der Waals surface area contributed by atoms with Crippen LogP contribution in [0.4, 0.5) is 0 Å². The summed E-state index contributed by atoms with van der Waals surface area (Å²) in [5.74, 6) is 0.0412. The second kappa shape index (κ2) is 8.41. The number of piperidine rings is 1. The molecule has 0 spiro atoms. The summed E-state index contributed by atoms with van der Waals surface area (Å²) in [4.78, 5) is 32.6. The van der Waals surface area contributed by atoms with Gasteiger partial charge in [0.2, 0.25) is 11.8 Å². The predicted molar refractivity (Wildman–Crippen MR) is 106 cm³/mol. The second-order valence-corrected chi connectivity index (χ2v) is 9.03. The van der Waals surface area contributed by atoms with Gasteiger partial charge in [0, 0.05) is 24.7 Å². The number of likely N-dealkylation sites (tertiary alicyclic amines) is 1. The van der Waals surface area contributed by atoms with Gasteiger partial charge in [0.05, 0.1) is 12.0 Å². The Morgan fingerprint density at radius 3 is 2.48 bits per heavy atom. The third kappa shape index (κ3) is 4.88. The molecule has 0 aromatic carbocycles. The molecule has 5 nitrogen and oxygen atoms in total. The lowest BCUT2D eigenvalue weighted by molar-refractivity contribution is -0.141. The molecule has 1 saturated carbocycles. The first-order valence-electron chi connectivity index (χ1n) is 10.4. The van der Waals surface area contributed by atoms with Crippen LogP contribution in [0.15, 0.2) is 29.4 Å². The summed E-state index contributed by atoms with van der Waals surface area (Å²) < 4.78 is 1.71. The summed E-state index contributed by atoms with van der Waals surface area (Å²) in [5.41, 5.74) is 0.348. The minimum absolute atomic E-state index is 0.0663. The number of rotatable bonds is 2. The van der Waals surface area contributed by atoms with Crippen molar-refractivity contribution in [2.75, 3.05) is 13.1 Å². The molecule has 0 N–H and O–H groups in total. The van der Waals surface area contributed by atoms with E-state index in [0.29, 0.717) is 12.6 Å². The highest BCUT2D eigenvalue weighted by Crippen LogP contribution is 2.24. The molecule has 2 fully saturated rings. The molecule has 1 aromatic heterocycles. The summed E-state index contributed by atoms with van der Waals surface area (Å²) in [5, 5.41) is 0. The van der Waals surface area contributed by atoms with Gasteiger partial charge in [-0.25, -0.2) is 0 Å². The number of amides is 1. The van der Waals surface area contributed by atoms with Crippen molar-refractivity contribution in [2.45, 2.75) is 71.8 Å². The minimum atomic E-state index is -0.410. The molecule has 1 atom stereocenters. The van der Waals surface area contributed by atoms with Crippen molar-refractivity contribution in [3.8, 4) is 0 Å². The first kappa shape index (κ1) is 19.8. The fourth-order valence-corrected chi connectivity index (χ4v) is 4.16. The van der Waals surface area contributed by atoms with Crippen LogP contribution in [0.5, 0.6) is 0 Å². The van der Waals surface area contributed by atoms with E-state index in [1.807, 2.05) is 50.1 Å². The van der Waals surface area contributed by atoms with Crippen LogP contribution in [0.1, 0.15) is 70.5 Å². The Morgan fingerprint density at radius 1 is 1.04 bits per heavy atom. The molecule has 3 rings (SSSR count). The number of carbonyl (C=O) groups is 2. The van der Waals surface area contributed by atoms with Crippen LogP contribution >= 0.6 is 0 Å². The number of carbonyl (C=O) groups excluding carboxylic acids is 2. The highest BCUT2D eigenvalue weighted by atomic mass is 16.2. The molecular formula is C22H33N3O2. The quantitative estimate of drug-likeness (QED) is 0.797. The zero-order chi connectivity index (χ0) is 19.4. The van der Waals surface area contributed by atoms with E-state index in [2.05, 4.69) is 0 Å². The van der Waals surface area contributed by atoms with Crippen molar-refractivity contribution in [3.63, 3.8) is 0 Å². The Hall–Kier alpha value is -1.91. The Kier molecular flexibility index (Phi) is 6.18. The van der Waals surface area contributed by atoms with Crippen LogP contribution in [-0.2, 0) is 4.79 Å². The zero-order valence-corrected chi connectivity index (χ0v) is 17.0. The lowest BCUT2D eigenvalue weighted by Gasteiger charge is -2.36. The maximum absolute atomic E-state index is 13.2. The Labute approximate surface area is 162 Å². The van der Waals surface area contributed by atoms with Crippen LogP contribution in [0.2, 0.25) is 0 Å². The topological polar surface area (TPSA) is 54.7 Å². The van der Waals surface area contributed by atoms with E-state index >= 15 is 0 Å². The second-order valence-electron chi connectivity index (χ2n) is 9.03. The molecule has 1 aliphatic heterocycles. The van der Waals surface area contributed by atoms with Gasteiger partial charge in [0.15, 0.2) is 0 Å². The summed E-state index contributed by atoms with van der Waals surface area (Å²) >= 11 is 0. The van der Waals surface area contributed by atoms with E-state index in [4.69, 9.17) is 4.99 Å². The van der Waals surface area contributed by atoms with Gasteiger partial charge < -0.3 is 4.90 Å². The van der Waals surface area contributed by atoms with E-state index in [0.717, 1.165) is 37.7 Å². The molecule has 1 unspecified atom stereocenters. The number of hydrogen-bond acceptors (Lipinski definition) is 3. The van der Waals surface area contributed by atoms with E-state index < -0.39 is 5.41 Å². The Bertz CT molecular complexity index is 738. The highest BCUT2D eigenvalue weighted by Gasteiger charge is 2.33. The van der Waals surface area contributed by atoms with Gasteiger partial charge in [-0.3, -0.25) is 19.1 Å². The summed E-state index contributed by atoms with van der Waals surface area (Å²) in [6.45, 7) is 7.08. The molecule has 1 saturated heterocycles. The van der Waals surface area contributed by atoms with Crippen molar-refractivity contribution in [1.29, 1.82) is 0 Å². The van der Waals surface area contributed by atoms with Crippen LogP contribution in [0.3, 0.4) is 0 Å². The molecule has 2 heterocycles. The summed E-state index contributed by atoms with van der Waals surface area (Å²) in [6.07, 6.45) is 9.50. The fourth-order valence-electron chi connectivity index (χ4n) is 4.16. The molecule has 1 amide bonds. The lowest BCUT2D eigenvalue weighted by Crippen LogP contribution is -2.48. The molecule has 27 heavy (non-hydrogen) atoms. The van der Waals surface area contributed by atoms with E-state index in [9.17, 15) is 9.59 Å². The maximum atomic E-state index is 13.2. The number of nitrogens with zero attached hydrogens (tertiary/aromatic N) is 3. The first-order valence-corrected chi connectivity index (χ1v) is 10.4. The summed E-state index contributed by atoms with van der Waals surface area (Å²) in [6, 6.07) is 6.10. The molecule has 5 heteroatoms. The van der Waals surface area contributed by atoms with Crippen LogP contribution in [0.25, 0.3) is 0 Å². The molecular weight excluding hydrogens is 338 g/mol. The van der Waals surface area contributed by atoms with Gasteiger partial charge in [-0.15, -0.1) is 0 Å². The van der Waals surface area contributed by atoms with Crippen molar-refractivity contribution < 1.29 is 9.59 Å². The van der Waals surface area contributed by atoms with E-state index in [-0.39, 0.29) is 17.7 Å². The van der Waals surface area contributed by atoms with Gasteiger partial charge in [-0.2, -0.15) is 0 Å². The molecule has 0 radical (unpaired) electrons. The molecule has 148 valence electrons. The Morgan fingerprint density at radius 2 is 1.78 bits per heavy atom. The van der Waals surface area contributed by atoms with Gasteiger partial charge >= 0.3 is 0 Å². The Balaban J connectivity index is 1.79. The predicted octanol–water partition coefficient (Wildman–Crippen LogP) is 3.65. The standard InChI is InChI=1S/C22H33N3O2/c1-22(2,3)21(27)24-14-9-10-17(16-24)20(26)25-15-8-7-13-19(25)23-18-11-5-4-6-12-18/h7-8,13,15,17-18H,4-6,9-12,14,16H2,1-3H3. The normalized spacial score (nSPS) is 22.7. The third-order valence-electron chi connectivity index (χ3n) is 5.66. The van der Waals surface area contributed by atoms with Crippen LogP contribution in [0, 0.1) is 11.3 Å². The first-order chi connectivity index (χ1) is 12.9. The lowest BCUT2D eigenvalue weighted by atomic mass is 9.91. The summed E-state index contributed by atoms with van der Waals surface area (Å²) in [7, 11) is 0. The van der Waals surface area contributed by atoms with Crippen molar-refractivity contribution in [3.05, 3.63) is 29.9 Å². The number of aromatic nitrogens is 1. The SMILES string of the molecule is CC(C)(C)C(=O)N1CCCC(C(=O)n2ccccc2=NC2CCCCC2)C1. The van der Waals surface area contributed by atoms with Gasteiger partial charge in [0.1, 0.15) is 5.49 Å². The third-order valence-corrected chi connectivity index (χ3v) is 5.66. The van der Waals surface area contributed by atoms with Crippen molar-refractivity contribution in [1.82, 2.24) is 9.47 Å². The average Bonchev–Trinajstić information content (AvgIpc) is 2.67. The van der Waals surface area contributed by atoms with E-state index in [1.165, 1.54) is 19.3 Å². The molecule has 0 bridgehead atoms. The van der Waals surface area contributed by atoms with Gasteiger partial charge in [0.25, 0.3) is 0 Å². The maximum Gasteiger partial charge on any atom is 0.237 e. The van der Waals surface area contributed by atoms with E-state index in [1.54, 1.807) is 4.57 Å². The van der Waals surface area contributed by atoms with Crippen molar-refractivity contribution in [2.24, 2.45) is 16.3 Å². The molecule has 1 aromatic rings. The number of hydrogen-bond donors (Lipinski definition) is 0. The molecule has 1 aliphatic carbocycles. The highest BCUT2D eigenvalue weighted by molar-refractivity contribution is 5.84. The van der Waals surface area contributed by atoms with Crippen LogP contribution < -0.4 is 5.49 Å². The minimum Gasteiger partial charge on any atom is -0.341 e. The van der Waals surface area contributed by atoms with Gasteiger partial charge in [-0.05, 0) is 37.8 Å². The average molecular weight is 372 g/mol.